The number of methoxy groups -OCH3 is 1. The van der Waals surface area contributed by atoms with Gasteiger partial charge in [-0.2, -0.15) is 0 Å². The minimum Gasteiger partial charge on any atom is -0.497 e. The minimum absolute atomic E-state index is 0.0137. The van der Waals surface area contributed by atoms with Crippen LogP contribution in [0.15, 0.2) is 35.9 Å². The topological polar surface area (TPSA) is 35.5 Å². The van der Waals surface area contributed by atoms with Crippen LogP contribution in [0.2, 0.25) is 0 Å². The van der Waals surface area contributed by atoms with Crippen molar-refractivity contribution in [3.63, 3.8) is 0 Å². The van der Waals surface area contributed by atoms with Crippen molar-refractivity contribution in [1.82, 2.24) is 0 Å². The molecule has 0 aliphatic heterocycles. The normalized spacial score (nSPS) is 11.8. The van der Waals surface area contributed by atoms with Gasteiger partial charge in [0, 0.05) is 12.2 Å². The predicted octanol–water partition coefficient (Wildman–Crippen LogP) is 4.67. The standard InChI is InChI=1S/C19H28O3/c1-15(2)6-5-7-16(3)12-13-22-14-19(20)17-8-10-18(21-4)11-9-17/h6,8-11,16H,5,7,12-14H2,1-4H3. The molecule has 0 aliphatic rings. The largest absolute Gasteiger partial charge is 0.497 e. The molecular formula is C19H28O3. The monoisotopic (exact) mass is 304 g/mol. The molecule has 0 heterocycles. The highest BCUT2D eigenvalue weighted by molar-refractivity contribution is 5.97. The molecule has 1 aromatic rings. The summed E-state index contributed by atoms with van der Waals surface area (Å²) in [7, 11) is 1.61. The van der Waals surface area contributed by atoms with Gasteiger partial charge in [-0.25, -0.2) is 0 Å². The number of ketones is 1. The molecule has 0 saturated heterocycles. The Balaban J connectivity index is 2.20. The molecule has 0 bridgehead atoms. The third-order valence-electron chi connectivity index (χ3n) is 3.61. The summed E-state index contributed by atoms with van der Waals surface area (Å²) in [5, 5.41) is 0. The van der Waals surface area contributed by atoms with Gasteiger partial charge in [-0.3, -0.25) is 4.79 Å². The third kappa shape index (κ3) is 7.41. The summed E-state index contributed by atoms with van der Waals surface area (Å²) >= 11 is 0. The van der Waals surface area contributed by atoms with E-state index in [-0.39, 0.29) is 12.4 Å². The van der Waals surface area contributed by atoms with Gasteiger partial charge in [0.25, 0.3) is 0 Å². The molecule has 0 fully saturated rings. The minimum atomic E-state index is 0.0137. The Bertz CT molecular complexity index is 470. The lowest BCUT2D eigenvalue weighted by atomic mass is 10.0. The zero-order chi connectivity index (χ0) is 16.4. The van der Waals surface area contributed by atoms with Crippen molar-refractivity contribution < 1.29 is 14.3 Å². The molecule has 0 aliphatic carbocycles. The summed E-state index contributed by atoms with van der Waals surface area (Å²) in [6.07, 6.45) is 5.55. The molecule has 1 unspecified atom stereocenters. The van der Waals surface area contributed by atoms with Crippen LogP contribution >= 0.6 is 0 Å². The maximum atomic E-state index is 12.0. The molecule has 0 radical (unpaired) electrons. The third-order valence-corrected chi connectivity index (χ3v) is 3.61. The number of rotatable bonds is 10. The van der Waals surface area contributed by atoms with Crippen LogP contribution in [-0.4, -0.2) is 26.1 Å². The highest BCUT2D eigenvalue weighted by Gasteiger charge is 2.07. The molecule has 22 heavy (non-hydrogen) atoms. The number of Topliss-reactive ketones (excluding diaryl/α,β-unsaturated/α-hetero) is 1. The van der Waals surface area contributed by atoms with E-state index in [9.17, 15) is 4.79 Å². The maximum Gasteiger partial charge on any atom is 0.188 e. The van der Waals surface area contributed by atoms with Crippen LogP contribution in [-0.2, 0) is 4.74 Å². The van der Waals surface area contributed by atoms with E-state index in [4.69, 9.17) is 9.47 Å². The number of hydrogen-bond acceptors (Lipinski definition) is 3. The van der Waals surface area contributed by atoms with Gasteiger partial charge in [-0.05, 0) is 63.3 Å². The molecule has 1 aromatic carbocycles. The molecular weight excluding hydrogens is 276 g/mol. The van der Waals surface area contributed by atoms with Crippen LogP contribution in [0.5, 0.6) is 5.75 Å². The van der Waals surface area contributed by atoms with Crippen LogP contribution in [0, 0.1) is 5.92 Å². The fourth-order valence-corrected chi connectivity index (χ4v) is 2.11. The van der Waals surface area contributed by atoms with Gasteiger partial charge in [0.1, 0.15) is 12.4 Å². The Kier molecular flexibility index (Phi) is 8.53. The molecule has 3 nitrogen and oxygen atoms in total. The van der Waals surface area contributed by atoms with Gasteiger partial charge < -0.3 is 9.47 Å². The number of carbonyl (C=O) groups excluding carboxylic acids is 1. The van der Waals surface area contributed by atoms with Crippen molar-refractivity contribution in [2.24, 2.45) is 5.92 Å². The highest BCUT2D eigenvalue weighted by Crippen LogP contribution is 2.13. The summed E-state index contributed by atoms with van der Waals surface area (Å²) in [4.78, 5) is 12.0. The Hall–Kier alpha value is -1.61. The van der Waals surface area contributed by atoms with Crippen LogP contribution in [0.25, 0.3) is 0 Å². The summed E-state index contributed by atoms with van der Waals surface area (Å²) in [6, 6.07) is 7.12. The van der Waals surface area contributed by atoms with Gasteiger partial charge in [0.15, 0.2) is 5.78 Å². The number of carbonyl (C=O) groups is 1. The van der Waals surface area contributed by atoms with Crippen LogP contribution in [0.3, 0.4) is 0 Å². The molecule has 0 spiro atoms. The van der Waals surface area contributed by atoms with Crippen LogP contribution in [0.4, 0.5) is 0 Å². The van der Waals surface area contributed by atoms with Gasteiger partial charge in [0.2, 0.25) is 0 Å². The van der Waals surface area contributed by atoms with Crippen molar-refractivity contribution in [2.45, 2.75) is 40.0 Å². The molecule has 0 aromatic heterocycles. The number of hydrogen-bond donors (Lipinski definition) is 0. The van der Waals surface area contributed by atoms with E-state index >= 15 is 0 Å². The van der Waals surface area contributed by atoms with Crippen molar-refractivity contribution >= 4 is 5.78 Å². The van der Waals surface area contributed by atoms with Gasteiger partial charge in [0.05, 0.1) is 7.11 Å². The first-order chi connectivity index (χ1) is 10.5. The smallest absolute Gasteiger partial charge is 0.188 e. The van der Waals surface area contributed by atoms with Crippen molar-refractivity contribution in [2.75, 3.05) is 20.3 Å². The fraction of sp³-hybridized carbons (Fsp3) is 0.526. The summed E-state index contributed by atoms with van der Waals surface area (Å²) < 4.78 is 10.6. The summed E-state index contributed by atoms with van der Waals surface area (Å²) in [5.74, 6) is 1.38. The second kappa shape index (κ2) is 10.2. The molecule has 0 saturated carbocycles. The second-order valence-electron chi connectivity index (χ2n) is 5.96. The SMILES string of the molecule is COc1ccc(C(=O)COCCC(C)CCC=C(C)C)cc1. The van der Waals surface area contributed by atoms with Crippen molar-refractivity contribution in [3.8, 4) is 5.75 Å². The van der Waals surface area contributed by atoms with Crippen molar-refractivity contribution in [3.05, 3.63) is 41.5 Å². The number of allylic oxidation sites excluding steroid dienone is 2. The quantitative estimate of drug-likeness (QED) is 0.358. The lowest BCUT2D eigenvalue weighted by Gasteiger charge is -2.10. The number of ether oxygens (including phenoxy) is 2. The summed E-state index contributed by atoms with van der Waals surface area (Å²) in [6.45, 7) is 7.26. The average Bonchev–Trinajstić information content (AvgIpc) is 2.51. The van der Waals surface area contributed by atoms with Gasteiger partial charge in [-0.1, -0.05) is 18.6 Å². The van der Waals surface area contributed by atoms with E-state index in [1.54, 1.807) is 31.4 Å². The van der Waals surface area contributed by atoms with E-state index in [2.05, 4.69) is 26.8 Å². The Morgan fingerprint density at radius 1 is 1.18 bits per heavy atom. The number of benzene rings is 1. The molecule has 3 heteroatoms. The van der Waals surface area contributed by atoms with E-state index in [0.717, 1.165) is 18.6 Å². The molecule has 1 atom stereocenters. The maximum absolute atomic E-state index is 12.0. The Labute approximate surface area is 134 Å². The summed E-state index contributed by atoms with van der Waals surface area (Å²) in [5.41, 5.74) is 2.03. The first kappa shape index (κ1) is 18.4. The first-order valence-corrected chi connectivity index (χ1v) is 7.91. The lowest BCUT2D eigenvalue weighted by molar-refractivity contribution is 0.0734. The lowest BCUT2D eigenvalue weighted by Crippen LogP contribution is -2.11. The van der Waals surface area contributed by atoms with Gasteiger partial charge >= 0.3 is 0 Å². The van der Waals surface area contributed by atoms with Crippen LogP contribution in [0.1, 0.15) is 50.4 Å². The zero-order valence-corrected chi connectivity index (χ0v) is 14.2. The molecule has 1 rings (SSSR count). The van der Waals surface area contributed by atoms with Crippen molar-refractivity contribution in [1.29, 1.82) is 0 Å². The van der Waals surface area contributed by atoms with E-state index in [0.29, 0.717) is 18.1 Å². The first-order valence-electron chi connectivity index (χ1n) is 7.91. The zero-order valence-electron chi connectivity index (χ0n) is 14.2. The average molecular weight is 304 g/mol. The molecule has 0 amide bonds. The predicted molar refractivity (Wildman–Crippen MR) is 90.6 cm³/mol. The molecule has 0 N–H and O–H groups in total. The van der Waals surface area contributed by atoms with Gasteiger partial charge in [-0.15, -0.1) is 0 Å². The fourth-order valence-electron chi connectivity index (χ4n) is 2.11. The van der Waals surface area contributed by atoms with E-state index < -0.39 is 0 Å². The highest BCUT2D eigenvalue weighted by atomic mass is 16.5. The Morgan fingerprint density at radius 3 is 2.45 bits per heavy atom. The van der Waals surface area contributed by atoms with E-state index in [1.807, 2.05) is 0 Å². The van der Waals surface area contributed by atoms with E-state index in [1.165, 1.54) is 12.0 Å². The molecule has 122 valence electrons. The second-order valence-corrected chi connectivity index (χ2v) is 5.96. The van der Waals surface area contributed by atoms with Crippen LogP contribution < -0.4 is 4.74 Å². The Morgan fingerprint density at radius 2 is 1.86 bits per heavy atom.